The van der Waals surface area contributed by atoms with Crippen molar-refractivity contribution in [3.8, 4) is 5.75 Å². The molecule has 0 aromatic heterocycles. The molecule has 0 unspecified atom stereocenters. The van der Waals surface area contributed by atoms with E-state index in [4.69, 9.17) is 68.5 Å². The molecule has 0 atom stereocenters. The van der Waals surface area contributed by atoms with Crippen LogP contribution in [0.1, 0.15) is 10.4 Å². The third-order valence-electron chi connectivity index (χ3n) is 2.94. The van der Waals surface area contributed by atoms with Crippen LogP contribution >= 0.6 is 58.0 Å². The second-order valence-corrected chi connectivity index (χ2v) is 6.69. The molecule has 132 valence electrons. The fraction of sp³-hybridized carbons (Fsp3) is 0.0667. The molecule has 2 aromatic carbocycles. The molecule has 5 nitrogen and oxygen atoms in total. The predicted molar refractivity (Wildman–Crippen MR) is 101 cm³/mol. The molecule has 0 bridgehead atoms. The summed E-state index contributed by atoms with van der Waals surface area (Å²) in [5, 5.41) is 3.07. The molecule has 2 rings (SSSR count). The highest BCUT2D eigenvalue weighted by atomic mass is 35.5. The van der Waals surface area contributed by atoms with Crippen LogP contribution in [0.15, 0.2) is 24.3 Å². The number of nitrogens with one attached hydrogen (secondary N) is 1. The SMILES string of the molecule is NC(=O)c1ccc(Cl)cc1OCC(=O)Nc1c(Cl)c(Cl)cc(Cl)c1Cl. The van der Waals surface area contributed by atoms with Gasteiger partial charge in [0.05, 0.1) is 31.3 Å². The van der Waals surface area contributed by atoms with E-state index in [0.717, 1.165) is 0 Å². The van der Waals surface area contributed by atoms with E-state index < -0.39 is 18.4 Å². The molecule has 2 aromatic rings. The number of ether oxygens (including phenoxy) is 1. The van der Waals surface area contributed by atoms with Crippen LogP contribution in [0.5, 0.6) is 5.75 Å². The van der Waals surface area contributed by atoms with E-state index >= 15 is 0 Å². The van der Waals surface area contributed by atoms with Crippen molar-refractivity contribution in [1.82, 2.24) is 0 Å². The Bertz CT molecular complexity index is 831. The lowest BCUT2D eigenvalue weighted by Gasteiger charge is -2.13. The van der Waals surface area contributed by atoms with E-state index in [2.05, 4.69) is 5.32 Å². The Morgan fingerprint density at radius 1 is 1.00 bits per heavy atom. The molecular weight excluding hydrogens is 433 g/mol. The van der Waals surface area contributed by atoms with Gasteiger partial charge in [0.15, 0.2) is 6.61 Å². The highest BCUT2D eigenvalue weighted by Crippen LogP contribution is 2.41. The normalized spacial score (nSPS) is 10.4. The minimum atomic E-state index is -0.722. The number of primary amides is 1. The number of halogens is 5. The predicted octanol–water partition coefficient (Wildman–Crippen LogP) is 5.07. The number of benzene rings is 2. The minimum Gasteiger partial charge on any atom is -0.483 e. The standard InChI is InChI=1S/C15H9Cl5N2O3/c16-6-1-2-7(15(21)24)10(3-6)25-5-11(23)22-14-12(19)8(17)4-9(18)13(14)20/h1-4H,5H2,(H2,21,24)(H,22,23). The number of hydrogen-bond acceptors (Lipinski definition) is 3. The van der Waals surface area contributed by atoms with Crippen LogP contribution in [0.3, 0.4) is 0 Å². The quantitative estimate of drug-likeness (QED) is 0.635. The van der Waals surface area contributed by atoms with Crippen molar-refractivity contribution in [1.29, 1.82) is 0 Å². The van der Waals surface area contributed by atoms with Gasteiger partial charge < -0.3 is 15.8 Å². The Labute approximate surface area is 167 Å². The Kier molecular flexibility index (Phi) is 6.65. The van der Waals surface area contributed by atoms with Crippen molar-refractivity contribution in [3.05, 3.63) is 54.9 Å². The lowest BCUT2D eigenvalue weighted by Crippen LogP contribution is -2.22. The molecule has 0 heterocycles. The zero-order valence-corrected chi connectivity index (χ0v) is 16.0. The molecule has 0 radical (unpaired) electrons. The summed E-state index contributed by atoms with van der Waals surface area (Å²) in [6.07, 6.45) is 0. The zero-order valence-electron chi connectivity index (χ0n) is 12.2. The van der Waals surface area contributed by atoms with Crippen molar-refractivity contribution < 1.29 is 14.3 Å². The van der Waals surface area contributed by atoms with Gasteiger partial charge in [-0.15, -0.1) is 0 Å². The lowest BCUT2D eigenvalue weighted by atomic mass is 10.2. The van der Waals surface area contributed by atoms with Crippen molar-refractivity contribution >= 4 is 75.5 Å². The van der Waals surface area contributed by atoms with Crippen LogP contribution in [0.25, 0.3) is 0 Å². The molecule has 0 fully saturated rings. The molecule has 0 saturated heterocycles. The maximum absolute atomic E-state index is 12.1. The molecule has 3 N–H and O–H groups in total. The van der Waals surface area contributed by atoms with E-state index in [1.807, 2.05) is 0 Å². The number of anilines is 1. The Balaban J connectivity index is 2.15. The van der Waals surface area contributed by atoms with Crippen molar-refractivity contribution in [3.63, 3.8) is 0 Å². The van der Waals surface area contributed by atoms with Crippen LogP contribution in [0, 0.1) is 0 Å². The molecule has 0 aliphatic carbocycles. The number of nitrogens with two attached hydrogens (primary N) is 1. The van der Waals surface area contributed by atoms with Gasteiger partial charge in [-0.3, -0.25) is 9.59 Å². The summed E-state index contributed by atoms with van der Waals surface area (Å²) < 4.78 is 5.30. The van der Waals surface area contributed by atoms with Gasteiger partial charge in [-0.05, 0) is 24.3 Å². The largest absolute Gasteiger partial charge is 0.483 e. The number of amides is 2. The molecule has 0 spiro atoms. The van der Waals surface area contributed by atoms with Gasteiger partial charge in [-0.25, -0.2) is 0 Å². The van der Waals surface area contributed by atoms with Crippen LogP contribution in [-0.2, 0) is 4.79 Å². The van der Waals surface area contributed by atoms with E-state index in [1.165, 1.54) is 24.3 Å². The van der Waals surface area contributed by atoms with Crippen LogP contribution in [-0.4, -0.2) is 18.4 Å². The van der Waals surface area contributed by atoms with Gasteiger partial charge in [0.1, 0.15) is 5.75 Å². The molecule has 10 heteroatoms. The second-order valence-electron chi connectivity index (χ2n) is 4.68. The first-order valence-electron chi connectivity index (χ1n) is 6.55. The summed E-state index contributed by atoms with van der Waals surface area (Å²) in [5.41, 5.74) is 5.37. The number of rotatable bonds is 5. The first kappa shape index (κ1) is 19.9. The molecule has 0 saturated carbocycles. The minimum absolute atomic E-state index is 0.0324. The third-order valence-corrected chi connectivity index (χ3v) is 4.75. The molecule has 0 aliphatic heterocycles. The zero-order chi connectivity index (χ0) is 18.7. The van der Waals surface area contributed by atoms with Gasteiger partial charge in [-0.1, -0.05) is 58.0 Å². The van der Waals surface area contributed by atoms with Crippen molar-refractivity contribution in [2.45, 2.75) is 0 Å². The second kappa shape index (κ2) is 8.34. The molecular formula is C15H9Cl5N2O3. The summed E-state index contributed by atoms with van der Waals surface area (Å²) in [4.78, 5) is 23.5. The Morgan fingerprint density at radius 3 is 2.16 bits per heavy atom. The number of carbonyl (C=O) groups excluding carboxylic acids is 2. The first-order chi connectivity index (χ1) is 11.7. The molecule has 2 amide bonds. The van der Waals surface area contributed by atoms with Crippen molar-refractivity contribution in [2.24, 2.45) is 5.73 Å². The molecule has 25 heavy (non-hydrogen) atoms. The summed E-state index contributed by atoms with van der Waals surface area (Å²) in [7, 11) is 0. The monoisotopic (exact) mass is 440 g/mol. The van der Waals surface area contributed by atoms with E-state index in [-0.39, 0.29) is 37.1 Å². The third kappa shape index (κ3) is 4.84. The lowest BCUT2D eigenvalue weighted by molar-refractivity contribution is -0.118. The summed E-state index contributed by atoms with van der Waals surface area (Å²) >= 11 is 29.7. The van der Waals surface area contributed by atoms with E-state index in [9.17, 15) is 9.59 Å². The average Bonchev–Trinajstić information content (AvgIpc) is 2.55. The van der Waals surface area contributed by atoms with Gasteiger partial charge in [-0.2, -0.15) is 0 Å². The van der Waals surface area contributed by atoms with Gasteiger partial charge in [0, 0.05) is 5.02 Å². The highest BCUT2D eigenvalue weighted by molar-refractivity contribution is 6.50. The van der Waals surface area contributed by atoms with Gasteiger partial charge in [0.2, 0.25) is 0 Å². The van der Waals surface area contributed by atoms with Gasteiger partial charge >= 0.3 is 0 Å². The maximum atomic E-state index is 12.1. The fourth-order valence-corrected chi connectivity index (χ4v) is 2.89. The van der Waals surface area contributed by atoms with Crippen molar-refractivity contribution in [2.75, 3.05) is 11.9 Å². The fourth-order valence-electron chi connectivity index (χ4n) is 1.82. The van der Waals surface area contributed by atoms with Crippen LogP contribution in [0.2, 0.25) is 25.1 Å². The summed E-state index contributed by atoms with van der Waals surface area (Å²) in [5.74, 6) is -1.27. The average molecular weight is 443 g/mol. The highest BCUT2D eigenvalue weighted by Gasteiger charge is 2.17. The summed E-state index contributed by atoms with van der Waals surface area (Å²) in [6.45, 7) is -0.461. The number of hydrogen-bond donors (Lipinski definition) is 2. The van der Waals surface area contributed by atoms with Crippen LogP contribution in [0.4, 0.5) is 5.69 Å². The van der Waals surface area contributed by atoms with E-state index in [1.54, 1.807) is 0 Å². The molecule has 0 aliphatic rings. The van der Waals surface area contributed by atoms with Crippen LogP contribution < -0.4 is 15.8 Å². The number of carbonyl (C=O) groups is 2. The van der Waals surface area contributed by atoms with Gasteiger partial charge in [0.25, 0.3) is 11.8 Å². The maximum Gasteiger partial charge on any atom is 0.262 e. The Morgan fingerprint density at radius 2 is 1.60 bits per heavy atom. The smallest absolute Gasteiger partial charge is 0.262 e. The Hall–Kier alpha value is -1.37. The van der Waals surface area contributed by atoms with E-state index in [0.29, 0.717) is 5.02 Å². The summed E-state index contributed by atoms with van der Waals surface area (Å²) in [6, 6.07) is 5.58. The first-order valence-corrected chi connectivity index (χ1v) is 8.44. The topological polar surface area (TPSA) is 81.4 Å².